The van der Waals surface area contributed by atoms with Gasteiger partial charge in [0.05, 0.1) is 6.54 Å². The molecule has 1 aromatic heterocycles. The van der Waals surface area contributed by atoms with E-state index >= 15 is 0 Å². The van der Waals surface area contributed by atoms with Gasteiger partial charge in [-0.2, -0.15) is 0 Å². The van der Waals surface area contributed by atoms with E-state index < -0.39 is 0 Å². The second-order valence-corrected chi connectivity index (χ2v) is 6.42. The van der Waals surface area contributed by atoms with E-state index in [0.29, 0.717) is 11.5 Å². The lowest BCUT2D eigenvalue weighted by Gasteiger charge is -2.39. The fourth-order valence-electron chi connectivity index (χ4n) is 3.22. The summed E-state index contributed by atoms with van der Waals surface area (Å²) in [5.41, 5.74) is 1.40. The Kier molecular flexibility index (Phi) is 3.36. The molecule has 19 heavy (non-hydrogen) atoms. The number of nitrogens with one attached hydrogen (secondary N) is 1. The summed E-state index contributed by atoms with van der Waals surface area (Å²) in [5.74, 6) is 1.04. The summed E-state index contributed by atoms with van der Waals surface area (Å²) in [6.45, 7) is 5.59. The van der Waals surface area contributed by atoms with E-state index in [-0.39, 0.29) is 0 Å². The highest BCUT2D eigenvalue weighted by molar-refractivity contribution is 5.77. The Labute approximate surface area is 115 Å². The SMILES string of the molecule is CC1(C)CCCCC1NCc1cc2ccccc2o1. The molecule has 1 fully saturated rings. The molecule has 1 aliphatic carbocycles. The van der Waals surface area contributed by atoms with Crippen LogP contribution in [-0.2, 0) is 6.54 Å². The third-order valence-corrected chi connectivity index (χ3v) is 4.51. The first kappa shape index (κ1) is 12.7. The van der Waals surface area contributed by atoms with Crippen LogP contribution in [0.1, 0.15) is 45.3 Å². The van der Waals surface area contributed by atoms with Gasteiger partial charge in [-0.05, 0) is 30.4 Å². The van der Waals surface area contributed by atoms with Gasteiger partial charge >= 0.3 is 0 Å². The monoisotopic (exact) mass is 257 g/mol. The number of hydrogen-bond acceptors (Lipinski definition) is 2. The zero-order valence-electron chi connectivity index (χ0n) is 11.9. The van der Waals surface area contributed by atoms with Crippen LogP contribution in [0.5, 0.6) is 0 Å². The number of benzene rings is 1. The standard InChI is InChI=1S/C17H23NO/c1-17(2)10-6-5-9-16(17)18-12-14-11-13-7-3-4-8-15(13)19-14/h3-4,7-8,11,16,18H,5-6,9-10,12H2,1-2H3. The van der Waals surface area contributed by atoms with Crippen molar-refractivity contribution in [1.82, 2.24) is 5.32 Å². The maximum Gasteiger partial charge on any atom is 0.134 e. The summed E-state index contributed by atoms with van der Waals surface area (Å²) in [7, 11) is 0. The summed E-state index contributed by atoms with van der Waals surface area (Å²) in [6, 6.07) is 11.0. The second-order valence-electron chi connectivity index (χ2n) is 6.42. The van der Waals surface area contributed by atoms with Crippen molar-refractivity contribution in [3.63, 3.8) is 0 Å². The van der Waals surface area contributed by atoms with Crippen LogP contribution in [0.2, 0.25) is 0 Å². The van der Waals surface area contributed by atoms with E-state index in [1.807, 2.05) is 12.1 Å². The smallest absolute Gasteiger partial charge is 0.134 e. The molecule has 2 heteroatoms. The molecular formula is C17H23NO. The predicted octanol–water partition coefficient (Wildman–Crippen LogP) is 4.49. The van der Waals surface area contributed by atoms with Crippen LogP contribution < -0.4 is 5.32 Å². The number of para-hydroxylation sites is 1. The molecule has 0 saturated heterocycles. The lowest BCUT2D eigenvalue weighted by atomic mass is 9.73. The molecule has 1 unspecified atom stereocenters. The quantitative estimate of drug-likeness (QED) is 0.876. The predicted molar refractivity (Wildman–Crippen MR) is 79.1 cm³/mol. The molecule has 1 atom stereocenters. The van der Waals surface area contributed by atoms with Gasteiger partial charge in [0.25, 0.3) is 0 Å². The van der Waals surface area contributed by atoms with Crippen LogP contribution in [0.25, 0.3) is 11.0 Å². The minimum absolute atomic E-state index is 0.407. The molecule has 2 nitrogen and oxygen atoms in total. The van der Waals surface area contributed by atoms with Gasteiger partial charge < -0.3 is 9.73 Å². The maximum atomic E-state index is 5.86. The van der Waals surface area contributed by atoms with Crippen molar-refractivity contribution in [2.24, 2.45) is 5.41 Å². The largest absolute Gasteiger partial charge is 0.460 e. The van der Waals surface area contributed by atoms with E-state index in [1.54, 1.807) is 0 Å². The molecule has 3 rings (SSSR count). The van der Waals surface area contributed by atoms with Crippen molar-refractivity contribution in [3.05, 3.63) is 36.1 Å². The van der Waals surface area contributed by atoms with Crippen molar-refractivity contribution in [2.75, 3.05) is 0 Å². The Bertz CT molecular complexity index is 522. The summed E-state index contributed by atoms with van der Waals surface area (Å²) in [6.07, 6.45) is 5.33. The van der Waals surface area contributed by atoms with Crippen molar-refractivity contribution in [3.8, 4) is 0 Å². The summed E-state index contributed by atoms with van der Waals surface area (Å²) in [4.78, 5) is 0. The maximum absolute atomic E-state index is 5.86. The third kappa shape index (κ3) is 2.69. The first-order valence-electron chi connectivity index (χ1n) is 7.36. The number of hydrogen-bond donors (Lipinski definition) is 1. The first-order chi connectivity index (χ1) is 9.15. The highest BCUT2D eigenvalue weighted by Gasteiger charge is 2.31. The zero-order valence-corrected chi connectivity index (χ0v) is 11.9. The van der Waals surface area contributed by atoms with Crippen molar-refractivity contribution < 1.29 is 4.42 Å². The van der Waals surface area contributed by atoms with Gasteiger partial charge in [-0.25, -0.2) is 0 Å². The molecule has 1 N–H and O–H groups in total. The van der Waals surface area contributed by atoms with Gasteiger partial charge in [0.2, 0.25) is 0 Å². The highest BCUT2D eigenvalue weighted by Crippen LogP contribution is 2.35. The molecule has 0 aliphatic heterocycles. The lowest BCUT2D eigenvalue weighted by molar-refractivity contribution is 0.164. The van der Waals surface area contributed by atoms with Crippen LogP contribution in [0.15, 0.2) is 34.7 Å². The van der Waals surface area contributed by atoms with E-state index in [4.69, 9.17) is 4.42 Å². The minimum atomic E-state index is 0.407. The average Bonchev–Trinajstić information content (AvgIpc) is 2.79. The summed E-state index contributed by atoms with van der Waals surface area (Å²) in [5, 5.41) is 4.89. The van der Waals surface area contributed by atoms with Gasteiger partial charge in [0, 0.05) is 11.4 Å². The summed E-state index contributed by atoms with van der Waals surface area (Å²) >= 11 is 0. The van der Waals surface area contributed by atoms with Gasteiger partial charge in [-0.15, -0.1) is 0 Å². The van der Waals surface area contributed by atoms with Crippen LogP contribution in [0.4, 0.5) is 0 Å². The first-order valence-corrected chi connectivity index (χ1v) is 7.36. The lowest BCUT2D eigenvalue weighted by Crippen LogP contribution is -2.43. The Morgan fingerprint density at radius 3 is 2.89 bits per heavy atom. The van der Waals surface area contributed by atoms with Crippen LogP contribution in [-0.4, -0.2) is 6.04 Å². The number of rotatable bonds is 3. The Morgan fingerprint density at radius 2 is 2.11 bits per heavy atom. The fourth-order valence-corrected chi connectivity index (χ4v) is 3.22. The average molecular weight is 257 g/mol. The third-order valence-electron chi connectivity index (χ3n) is 4.51. The molecular weight excluding hydrogens is 234 g/mol. The molecule has 0 bridgehead atoms. The van der Waals surface area contributed by atoms with Crippen molar-refractivity contribution in [1.29, 1.82) is 0 Å². The van der Waals surface area contributed by atoms with E-state index in [9.17, 15) is 0 Å². The molecule has 0 spiro atoms. The van der Waals surface area contributed by atoms with Crippen LogP contribution >= 0.6 is 0 Å². The van der Waals surface area contributed by atoms with Crippen LogP contribution in [0, 0.1) is 5.41 Å². The topological polar surface area (TPSA) is 25.2 Å². The minimum Gasteiger partial charge on any atom is -0.460 e. The normalized spacial score (nSPS) is 22.7. The van der Waals surface area contributed by atoms with Crippen molar-refractivity contribution >= 4 is 11.0 Å². The van der Waals surface area contributed by atoms with Gasteiger partial charge in [0.1, 0.15) is 11.3 Å². The summed E-state index contributed by atoms with van der Waals surface area (Å²) < 4.78 is 5.86. The Balaban J connectivity index is 1.68. The fraction of sp³-hybridized carbons (Fsp3) is 0.529. The molecule has 1 saturated carbocycles. The highest BCUT2D eigenvalue weighted by atomic mass is 16.3. The molecule has 1 aliphatic rings. The Morgan fingerprint density at radius 1 is 1.26 bits per heavy atom. The zero-order chi connectivity index (χ0) is 13.3. The molecule has 1 aromatic carbocycles. The van der Waals surface area contributed by atoms with Gasteiger partial charge in [0.15, 0.2) is 0 Å². The van der Waals surface area contributed by atoms with E-state index in [1.165, 1.54) is 31.1 Å². The number of fused-ring (bicyclic) bond motifs is 1. The molecule has 0 radical (unpaired) electrons. The molecule has 1 heterocycles. The Hall–Kier alpha value is -1.28. The number of furan rings is 1. The van der Waals surface area contributed by atoms with E-state index in [2.05, 4.69) is 37.4 Å². The second kappa shape index (κ2) is 5.01. The van der Waals surface area contributed by atoms with Gasteiger partial charge in [-0.3, -0.25) is 0 Å². The van der Waals surface area contributed by atoms with Crippen molar-refractivity contribution in [2.45, 2.75) is 52.1 Å². The van der Waals surface area contributed by atoms with Crippen LogP contribution in [0.3, 0.4) is 0 Å². The molecule has 2 aromatic rings. The van der Waals surface area contributed by atoms with E-state index in [0.717, 1.165) is 17.9 Å². The molecule has 102 valence electrons. The molecule has 0 amide bonds. The van der Waals surface area contributed by atoms with Gasteiger partial charge in [-0.1, -0.05) is 44.9 Å².